The summed E-state index contributed by atoms with van der Waals surface area (Å²) in [6.07, 6.45) is 4.57. The highest BCUT2D eigenvalue weighted by Crippen LogP contribution is 2.20. The van der Waals surface area contributed by atoms with E-state index >= 15 is 0 Å². The molecule has 1 atom stereocenters. The third-order valence-electron chi connectivity index (χ3n) is 4.53. The number of carbonyl (C=O) groups excluding carboxylic acids is 2. The molecule has 1 fully saturated rings. The van der Waals surface area contributed by atoms with Gasteiger partial charge >= 0.3 is 0 Å². The van der Waals surface area contributed by atoms with Crippen molar-refractivity contribution >= 4 is 11.8 Å². The molecule has 2 N–H and O–H groups in total. The smallest absolute Gasteiger partial charge is 0.223 e. The number of hydrogen-bond acceptors (Lipinski definition) is 3. The summed E-state index contributed by atoms with van der Waals surface area (Å²) >= 11 is 0. The molecular formula is C17H33N3O2. The average molecular weight is 311 g/mol. The molecule has 1 rings (SSSR count). The van der Waals surface area contributed by atoms with Crippen molar-refractivity contribution in [2.45, 2.75) is 65.3 Å². The first kappa shape index (κ1) is 18.9. The molecule has 5 heteroatoms. The Morgan fingerprint density at radius 3 is 2.14 bits per heavy atom. The average Bonchev–Trinajstić information content (AvgIpc) is 2.52. The Balaban J connectivity index is 2.35. The first-order valence-electron chi connectivity index (χ1n) is 8.80. The van der Waals surface area contributed by atoms with E-state index in [4.69, 9.17) is 5.73 Å². The summed E-state index contributed by atoms with van der Waals surface area (Å²) in [5.41, 5.74) is 5.92. The maximum Gasteiger partial charge on any atom is 0.223 e. The number of nitrogens with two attached hydrogens (primary N) is 1. The number of hydrogen-bond donors (Lipinski definition) is 1. The summed E-state index contributed by atoms with van der Waals surface area (Å²) < 4.78 is 0. The summed E-state index contributed by atoms with van der Waals surface area (Å²) in [6, 6.07) is 0.204. The van der Waals surface area contributed by atoms with Gasteiger partial charge in [0.1, 0.15) is 0 Å². The first-order valence-corrected chi connectivity index (χ1v) is 8.80. The SMILES string of the molecule is CCCN(CCC)C(=O)CCC(=O)N1CCC(C(C)N)CC1. The van der Waals surface area contributed by atoms with E-state index < -0.39 is 0 Å². The summed E-state index contributed by atoms with van der Waals surface area (Å²) in [7, 11) is 0. The Labute approximate surface area is 135 Å². The molecule has 0 aromatic rings. The molecule has 1 saturated heterocycles. The van der Waals surface area contributed by atoms with Crippen molar-refractivity contribution in [1.29, 1.82) is 0 Å². The van der Waals surface area contributed by atoms with E-state index in [-0.39, 0.29) is 17.9 Å². The number of amides is 2. The van der Waals surface area contributed by atoms with Crippen LogP contribution in [0, 0.1) is 5.92 Å². The second-order valence-electron chi connectivity index (χ2n) is 6.46. The van der Waals surface area contributed by atoms with E-state index in [2.05, 4.69) is 13.8 Å². The van der Waals surface area contributed by atoms with Crippen molar-refractivity contribution < 1.29 is 9.59 Å². The quantitative estimate of drug-likeness (QED) is 0.745. The minimum absolute atomic E-state index is 0.113. The van der Waals surface area contributed by atoms with E-state index in [1.54, 1.807) is 0 Å². The van der Waals surface area contributed by atoms with E-state index in [0.29, 0.717) is 18.8 Å². The van der Waals surface area contributed by atoms with Crippen LogP contribution in [0.1, 0.15) is 59.3 Å². The fourth-order valence-corrected chi connectivity index (χ4v) is 3.11. The minimum atomic E-state index is 0.113. The molecule has 0 radical (unpaired) electrons. The van der Waals surface area contributed by atoms with Gasteiger partial charge in [0.15, 0.2) is 0 Å². The molecule has 0 aromatic carbocycles. The Morgan fingerprint density at radius 2 is 1.68 bits per heavy atom. The van der Waals surface area contributed by atoms with Gasteiger partial charge in [-0.3, -0.25) is 9.59 Å². The molecule has 128 valence electrons. The number of rotatable bonds is 8. The predicted molar refractivity (Wildman–Crippen MR) is 89.3 cm³/mol. The Bertz CT molecular complexity index is 344. The van der Waals surface area contributed by atoms with Gasteiger partial charge < -0.3 is 15.5 Å². The van der Waals surface area contributed by atoms with E-state index in [0.717, 1.165) is 51.9 Å². The summed E-state index contributed by atoms with van der Waals surface area (Å²) in [5.74, 6) is 0.752. The molecule has 0 spiro atoms. The van der Waals surface area contributed by atoms with Crippen molar-refractivity contribution in [3.63, 3.8) is 0 Å². The Hall–Kier alpha value is -1.10. The van der Waals surface area contributed by atoms with Gasteiger partial charge in [-0.15, -0.1) is 0 Å². The van der Waals surface area contributed by atoms with Crippen LogP contribution in [0.5, 0.6) is 0 Å². The van der Waals surface area contributed by atoms with Crippen LogP contribution >= 0.6 is 0 Å². The van der Waals surface area contributed by atoms with Gasteiger partial charge in [-0.2, -0.15) is 0 Å². The lowest BCUT2D eigenvalue weighted by Crippen LogP contribution is -2.43. The highest BCUT2D eigenvalue weighted by Gasteiger charge is 2.25. The molecule has 0 aromatic heterocycles. The van der Waals surface area contributed by atoms with E-state index in [1.807, 2.05) is 16.7 Å². The van der Waals surface area contributed by atoms with Crippen LogP contribution in [0.2, 0.25) is 0 Å². The van der Waals surface area contributed by atoms with E-state index in [1.165, 1.54) is 0 Å². The third kappa shape index (κ3) is 5.95. The van der Waals surface area contributed by atoms with Crippen molar-refractivity contribution in [2.24, 2.45) is 11.7 Å². The zero-order valence-electron chi connectivity index (χ0n) is 14.5. The molecule has 0 aliphatic carbocycles. The fraction of sp³-hybridized carbons (Fsp3) is 0.882. The Morgan fingerprint density at radius 1 is 1.14 bits per heavy atom. The van der Waals surface area contributed by atoms with Crippen molar-refractivity contribution in [1.82, 2.24) is 9.80 Å². The molecule has 0 bridgehead atoms. The number of carbonyl (C=O) groups is 2. The monoisotopic (exact) mass is 311 g/mol. The molecule has 0 saturated carbocycles. The third-order valence-corrected chi connectivity index (χ3v) is 4.53. The molecule has 1 aliphatic rings. The number of piperidine rings is 1. The van der Waals surface area contributed by atoms with Crippen LogP contribution in [0.4, 0.5) is 0 Å². The van der Waals surface area contributed by atoms with Crippen LogP contribution in [0.25, 0.3) is 0 Å². The lowest BCUT2D eigenvalue weighted by molar-refractivity contribution is -0.137. The lowest BCUT2D eigenvalue weighted by Gasteiger charge is -2.34. The van der Waals surface area contributed by atoms with Gasteiger partial charge in [-0.25, -0.2) is 0 Å². The van der Waals surface area contributed by atoms with Crippen molar-refractivity contribution in [2.75, 3.05) is 26.2 Å². The van der Waals surface area contributed by atoms with Crippen LogP contribution < -0.4 is 5.73 Å². The van der Waals surface area contributed by atoms with E-state index in [9.17, 15) is 9.59 Å². The van der Waals surface area contributed by atoms with Gasteiger partial charge in [0.25, 0.3) is 0 Å². The summed E-state index contributed by atoms with van der Waals surface area (Å²) in [4.78, 5) is 28.2. The predicted octanol–water partition coefficient (Wildman–Crippen LogP) is 2.00. The van der Waals surface area contributed by atoms with Gasteiger partial charge in [0.2, 0.25) is 11.8 Å². The maximum atomic E-state index is 12.2. The van der Waals surface area contributed by atoms with Gasteiger partial charge in [0.05, 0.1) is 0 Å². The van der Waals surface area contributed by atoms with Gasteiger partial charge in [-0.1, -0.05) is 13.8 Å². The number of likely N-dealkylation sites (tertiary alicyclic amines) is 1. The van der Waals surface area contributed by atoms with Crippen molar-refractivity contribution in [3.05, 3.63) is 0 Å². The number of nitrogens with zero attached hydrogens (tertiary/aromatic N) is 2. The molecule has 1 heterocycles. The molecule has 1 aliphatic heterocycles. The second-order valence-corrected chi connectivity index (χ2v) is 6.46. The second kappa shape index (κ2) is 9.82. The first-order chi connectivity index (χ1) is 10.5. The molecule has 22 heavy (non-hydrogen) atoms. The van der Waals surface area contributed by atoms with Crippen LogP contribution in [-0.2, 0) is 9.59 Å². The van der Waals surface area contributed by atoms with Crippen LogP contribution in [0.15, 0.2) is 0 Å². The standard InChI is InChI=1S/C17H33N3O2/c1-4-10-19(11-5-2)16(21)6-7-17(22)20-12-8-15(9-13-20)14(3)18/h14-15H,4-13,18H2,1-3H3. The zero-order chi connectivity index (χ0) is 16.5. The molecule has 5 nitrogen and oxygen atoms in total. The molecule has 2 amide bonds. The fourth-order valence-electron chi connectivity index (χ4n) is 3.11. The van der Waals surface area contributed by atoms with Crippen LogP contribution in [-0.4, -0.2) is 53.8 Å². The topological polar surface area (TPSA) is 66.6 Å². The molecular weight excluding hydrogens is 278 g/mol. The normalized spacial score (nSPS) is 17.4. The summed E-state index contributed by atoms with van der Waals surface area (Å²) in [5, 5.41) is 0. The Kier molecular flexibility index (Phi) is 8.46. The largest absolute Gasteiger partial charge is 0.343 e. The van der Waals surface area contributed by atoms with Crippen molar-refractivity contribution in [3.8, 4) is 0 Å². The van der Waals surface area contributed by atoms with Crippen LogP contribution in [0.3, 0.4) is 0 Å². The van der Waals surface area contributed by atoms with Gasteiger partial charge in [-0.05, 0) is 38.5 Å². The minimum Gasteiger partial charge on any atom is -0.343 e. The zero-order valence-corrected chi connectivity index (χ0v) is 14.5. The highest BCUT2D eigenvalue weighted by molar-refractivity contribution is 5.83. The van der Waals surface area contributed by atoms with Gasteiger partial charge in [0, 0.05) is 45.1 Å². The highest BCUT2D eigenvalue weighted by atomic mass is 16.2. The molecule has 1 unspecified atom stereocenters. The maximum absolute atomic E-state index is 12.2. The lowest BCUT2D eigenvalue weighted by atomic mass is 9.91. The summed E-state index contributed by atoms with van der Waals surface area (Å²) in [6.45, 7) is 9.34.